The molecule has 0 unspecified atom stereocenters. The lowest BCUT2D eigenvalue weighted by Gasteiger charge is -2.23. The third-order valence-electron chi connectivity index (χ3n) is 4.83. The van der Waals surface area contributed by atoms with Crippen molar-refractivity contribution in [1.29, 1.82) is 5.41 Å². The molecule has 30 heavy (non-hydrogen) atoms. The van der Waals surface area contributed by atoms with Gasteiger partial charge < -0.3 is 25.3 Å². The van der Waals surface area contributed by atoms with Crippen molar-refractivity contribution in [1.82, 2.24) is 9.55 Å². The molecule has 1 saturated heterocycles. The maximum atomic E-state index is 14.7. The number of aromatic nitrogens is 2. The third-order valence-corrected chi connectivity index (χ3v) is 4.83. The first-order valence-corrected chi connectivity index (χ1v) is 10.1. The molecule has 8 heteroatoms. The van der Waals surface area contributed by atoms with Gasteiger partial charge in [-0.25, -0.2) is 9.37 Å². The number of halogens is 1. The Bertz CT molecular complexity index is 964. The lowest BCUT2D eigenvalue weighted by atomic mass is 10.1. The molecule has 0 spiro atoms. The molecule has 0 aliphatic carbocycles. The first-order chi connectivity index (χ1) is 14.5. The summed E-state index contributed by atoms with van der Waals surface area (Å²) >= 11 is 0. The molecule has 3 N–H and O–H groups in total. The summed E-state index contributed by atoms with van der Waals surface area (Å²) in [6, 6.07) is 4.72. The molecule has 2 aromatic rings. The highest BCUT2D eigenvalue weighted by Gasteiger charge is 2.15. The maximum Gasteiger partial charge on any atom is 0.250 e. The summed E-state index contributed by atoms with van der Waals surface area (Å²) in [5.41, 5.74) is 1.18. The number of hydrogen-bond acceptors (Lipinski definition) is 6. The van der Waals surface area contributed by atoms with E-state index in [1.165, 1.54) is 24.5 Å². The van der Waals surface area contributed by atoms with Crippen molar-refractivity contribution in [2.24, 2.45) is 5.92 Å². The van der Waals surface area contributed by atoms with Gasteiger partial charge in [0.05, 0.1) is 5.69 Å². The molecule has 0 saturated carbocycles. The number of allylic oxidation sites excluding steroid dienone is 1. The van der Waals surface area contributed by atoms with Gasteiger partial charge in [-0.05, 0) is 24.8 Å². The van der Waals surface area contributed by atoms with Gasteiger partial charge in [-0.2, -0.15) is 0 Å². The second kappa shape index (κ2) is 10.2. The smallest absolute Gasteiger partial charge is 0.250 e. The van der Waals surface area contributed by atoms with Crippen molar-refractivity contribution < 1.29 is 9.13 Å². The molecular formula is C22H28FN5O2. The number of nitrogens with one attached hydrogen (secondary N) is 3. The Labute approximate surface area is 175 Å². The first-order valence-electron chi connectivity index (χ1n) is 10.1. The molecule has 0 aromatic carbocycles. The third kappa shape index (κ3) is 5.76. The van der Waals surface area contributed by atoms with E-state index in [9.17, 15) is 9.18 Å². The molecule has 0 bridgehead atoms. The highest BCUT2D eigenvalue weighted by molar-refractivity contribution is 6.08. The number of pyridine rings is 2. The quantitative estimate of drug-likeness (QED) is 0.574. The van der Waals surface area contributed by atoms with Gasteiger partial charge in [0, 0.05) is 73.9 Å². The van der Waals surface area contributed by atoms with E-state index in [1.54, 1.807) is 16.8 Å². The monoisotopic (exact) mass is 413 g/mol. The normalized spacial score (nSPS) is 15.3. The summed E-state index contributed by atoms with van der Waals surface area (Å²) in [7, 11) is 0. The van der Waals surface area contributed by atoms with Crippen LogP contribution in [0.4, 0.5) is 15.9 Å². The van der Waals surface area contributed by atoms with Crippen LogP contribution in [0, 0.1) is 17.1 Å². The average molecular weight is 413 g/mol. The van der Waals surface area contributed by atoms with Crippen LogP contribution in [0.25, 0.3) is 5.57 Å². The van der Waals surface area contributed by atoms with E-state index in [0.717, 1.165) is 19.1 Å². The largest absolute Gasteiger partial charge is 0.381 e. The van der Waals surface area contributed by atoms with Crippen molar-refractivity contribution in [3.05, 3.63) is 58.5 Å². The second-order valence-corrected chi connectivity index (χ2v) is 7.77. The molecule has 7 nitrogen and oxygen atoms in total. The van der Waals surface area contributed by atoms with Crippen molar-refractivity contribution in [2.45, 2.75) is 39.3 Å². The van der Waals surface area contributed by atoms with E-state index < -0.39 is 5.82 Å². The van der Waals surface area contributed by atoms with Crippen LogP contribution in [0.15, 0.2) is 41.6 Å². The van der Waals surface area contributed by atoms with Crippen LogP contribution in [0.3, 0.4) is 0 Å². The van der Waals surface area contributed by atoms with Crippen LogP contribution in [0.2, 0.25) is 0 Å². The number of rotatable bonds is 8. The minimum Gasteiger partial charge on any atom is -0.381 e. The van der Waals surface area contributed by atoms with E-state index in [2.05, 4.69) is 15.6 Å². The van der Waals surface area contributed by atoms with Crippen LogP contribution in [0.5, 0.6) is 0 Å². The highest BCUT2D eigenvalue weighted by Crippen LogP contribution is 2.21. The summed E-state index contributed by atoms with van der Waals surface area (Å²) in [6.07, 6.45) is 7.48. The van der Waals surface area contributed by atoms with Gasteiger partial charge in [-0.1, -0.05) is 13.8 Å². The standard InChI is InChI=1S/C22H28FN5O2/c1-15(2)13-28-14-18(3-4-22(28)29)25-11-16(10-24)19-12-26-21(9-20(19)23)27-17-5-7-30-8-6-17/h3-4,9-12,14-15,17,24-25H,5-8,13H2,1-2H3,(H,26,27)/b16-11+,24-10?. The van der Waals surface area contributed by atoms with Crippen molar-refractivity contribution in [3.63, 3.8) is 0 Å². The van der Waals surface area contributed by atoms with E-state index >= 15 is 0 Å². The maximum absolute atomic E-state index is 14.7. The minimum atomic E-state index is -0.458. The number of nitrogens with zero attached hydrogens (tertiary/aromatic N) is 2. The number of anilines is 2. The van der Waals surface area contributed by atoms with Crippen molar-refractivity contribution in [2.75, 3.05) is 23.8 Å². The molecule has 1 aliphatic rings. The van der Waals surface area contributed by atoms with Crippen LogP contribution >= 0.6 is 0 Å². The van der Waals surface area contributed by atoms with Gasteiger partial charge in [0.15, 0.2) is 0 Å². The Balaban J connectivity index is 1.74. The Morgan fingerprint density at radius 3 is 2.83 bits per heavy atom. The predicted molar refractivity (Wildman–Crippen MR) is 118 cm³/mol. The molecule has 160 valence electrons. The van der Waals surface area contributed by atoms with Gasteiger partial charge in [0.25, 0.3) is 5.56 Å². The Kier molecular flexibility index (Phi) is 7.35. The fourth-order valence-electron chi connectivity index (χ4n) is 3.28. The minimum absolute atomic E-state index is 0.0756. The SMILES string of the molecule is CC(C)Cn1cc(N/C=C(\C=N)c2cnc(NC3CCOCC3)cc2F)ccc1=O. The summed E-state index contributed by atoms with van der Waals surface area (Å²) in [5, 5.41) is 14.0. The Hall–Kier alpha value is -3.00. The van der Waals surface area contributed by atoms with E-state index in [1.807, 2.05) is 13.8 Å². The summed E-state index contributed by atoms with van der Waals surface area (Å²) in [4.78, 5) is 16.3. The number of ether oxygens (including phenoxy) is 1. The van der Waals surface area contributed by atoms with Crippen molar-refractivity contribution >= 4 is 23.3 Å². The summed E-state index contributed by atoms with van der Waals surface area (Å²) in [6.45, 7) is 6.06. The van der Waals surface area contributed by atoms with Crippen LogP contribution < -0.4 is 16.2 Å². The molecule has 0 amide bonds. The average Bonchev–Trinajstić information content (AvgIpc) is 2.72. The molecule has 1 fully saturated rings. The van der Waals surface area contributed by atoms with E-state index in [-0.39, 0.29) is 17.2 Å². The second-order valence-electron chi connectivity index (χ2n) is 7.77. The Morgan fingerprint density at radius 2 is 2.17 bits per heavy atom. The zero-order valence-electron chi connectivity index (χ0n) is 17.3. The van der Waals surface area contributed by atoms with Crippen LogP contribution in [-0.2, 0) is 11.3 Å². The summed E-state index contributed by atoms with van der Waals surface area (Å²) < 4.78 is 21.7. The molecule has 3 rings (SSSR count). The molecule has 2 aromatic heterocycles. The first kappa shape index (κ1) is 21.7. The van der Waals surface area contributed by atoms with Gasteiger partial charge in [-0.15, -0.1) is 0 Å². The molecule has 0 radical (unpaired) electrons. The molecule has 0 atom stereocenters. The number of hydrogen-bond donors (Lipinski definition) is 3. The Morgan fingerprint density at radius 1 is 1.40 bits per heavy atom. The summed E-state index contributed by atoms with van der Waals surface area (Å²) in [5.74, 6) is 0.348. The van der Waals surface area contributed by atoms with Crippen LogP contribution in [-0.4, -0.2) is 35.0 Å². The van der Waals surface area contributed by atoms with Crippen LogP contribution in [0.1, 0.15) is 32.3 Å². The van der Waals surface area contributed by atoms with Gasteiger partial charge in [0.2, 0.25) is 0 Å². The van der Waals surface area contributed by atoms with Gasteiger partial charge in [0.1, 0.15) is 11.6 Å². The zero-order valence-corrected chi connectivity index (χ0v) is 17.3. The fourth-order valence-corrected chi connectivity index (χ4v) is 3.28. The molecule has 1 aliphatic heterocycles. The fraction of sp³-hybridized carbons (Fsp3) is 0.409. The highest BCUT2D eigenvalue weighted by atomic mass is 19.1. The van der Waals surface area contributed by atoms with E-state index in [4.69, 9.17) is 10.1 Å². The van der Waals surface area contributed by atoms with E-state index in [0.29, 0.717) is 42.8 Å². The van der Waals surface area contributed by atoms with Gasteiger partial charge >= 0.3 is 0 Å². The van der Waals surface area contributed by atoms with Crippen molar-refractivity contribution in [3.8, 4) is 0 Å². The zero-order chi connectivity index (χ0) is 21.5. The lowest BCUT2D eigenvalue weighted by molar-refractivity contribution is 0.0904. The lowest BCUT2D eigenvalue weighted by Crippen LogP contribution is -2.28. The molecular weight excluding hydrogens is 385 g/mol. The molecule has 3 heterocycles. The van der Waals surface area contributed by atoms with Gasteiger partial charge in [-0.3, -0.25) is 4.79 Å². The topological polar surface area (TPSA) is 92.0 Å². The predicted octanol–water partition coefficient (Wildman–Crippen LogP) is 3.73.